The van der Waals surface area contributed by atoms with Gasteiger partial charge in [-0.25, -0.2) is 17.5 Å². The summed E-state index contributed by atoms with van der Waals surface area (Å²) >= 11 is 0. The van der Waals surface area contributed by atoms with Crippen molar-refractivity contribution in [2.75, 3.05) is 5.73 Å². The van der Waals surface area contributed by atoms with Crippen molar-refractivity contribution in [1.29, 1.82) is 0 Å². The maximum absolute atomic E-state index is 13.4. The highest BCUT2D eigenvalue weighted by molar-refractivity contribution is 7.89. The van der Waals surface area contributed by atoms with Gasteiger partial charge in [-0.3, -0.25) is 0 Å². The first kappa shape index (κ1) is 15.3. The molecule has 1 aromatic carbocycles. The minimum absolute atomic E-state index is 0.0821. The van der Waals surface area contributed by atoms with E-state index in [9.17, 15) is 12.8 Å². The molecule has 0 amide bonds. The molecule has 0 saturated heterocycles. The van der Waals surface area contributed by atoms with Crippen LogP contribution in [0.5, 0.6) is 0 Å². The van der Waals surface area contributed by atoms with E-state index >= 15 is 0 Å². The van der Waals surface area contributed by atoms with Crippen molar-refractivity contribution in [3.8, 4) is 0 Å². The highest BCUT2D eigenvalue weighted by Crippen LogP contribution is 2.28. The van der Waals surface area contributed by atoms with Crippen molar-refractivity contribution in [1.82, 2.24) is 4.72 Å². The van der Waals surface area contributed by atoms with Gasteiger partial charge < -0.3 is 5.73 Å². The van der Waals surface area contributed by atoms with Gasteiger partial charge in [0.15, 0.2) is 0 Å². The summed E-state index contributed by atoms with van der Waals surface area (Å²) in [6.45, 7) is 2.12. The van der Waals surface area contributed by atoms with E-state index in [4.69, 9.17) is 5.73 Å². The van der Waals surface area contributed by atoms with Gasteiger partial charge in [-0.05, 0) is 30.9 Å². The molecule has 0 aliphatic heterocycles. The molecule has 1 fully saturated rings. The number of nitrogen functional groups attached to an aromatic ring is 1. The molecule has 2 unspecified atom stereocenters. The Morgan fingerprint density at radius 2 is 2.15 bits per heavy atom. The first-order valence-corrected chi connectivity index (χ1v) is 8.48. The maximum Gasteiger partial charge on any atom is 0.242 e. The zero-order valence-electron chi connectivity index (χ0n) is 11.6. The van der Waals surface area contributed by atoms with Crippen LogP contribution < -0.4 is 10.5 Å². The average molecular weight is 300 g/mol. The lowest BCUT2D eigenvalue weighted by molar-refractivity contribution is 0.301. The van der Waals surface area contributed by atoms with Crippen LogP contribution >= 0.6 is 0 Å². The molecule has 112 valence electrons. The second kappa shape index (κ2) is 6.10. The number of nitrogens with two attached hydrogens (primary N) is 1. The first-order chi connectivity index (χ1) is 9.44. The number of sulfonamides is 1. The highest BCUT2D eigenvalue weighted by Gasteiger charge is 2.27. The summed E-state index contributed by atoms with van der Waals surface area (Å²) in [5.74, 6) is -0.149. The molecule has 0 radical (unpaired) electrons. The predicted molar refractivity (Wildman–Crippen MR) is 77.2 cm³/mol. The second-order valence-corrected chi connectivity index (χ2v) is 7.09. The quantitative estimate of drug-likeness (QED) is 0.840. The molecule has 1 saturated carbocycles. The molecular formula is C14H21FN2O2S. The van der Waals surface area contributed by atoms with Crippen LogP contribution in [0.1, 0.15) is 39.0 Å². The Morgan fingerprint density at radius 1 is 1.40 bits per heavy atom. The molecule has 0 bridgehead atoms. The Balaban J connectivity index is 2.17. The fourth-order valence-electron chi connectivity index (χ4n) is 2.80. The Kier molecular flexibility index (Phi) is 4.65. The molecule has 6 heteroatoms. The summed E-state index contributed by atoms with van der Waals surface area (Å²) < 4.78 is 40.7. The van der Waals surface area contributed by atoms with Gasteiger partial charge in [0.25, 0.3) is 0 Å². The van der Waals surface area contributed by atoms with Crippen molar-refractivity contribution >= 4 is 15.7 Å². The van der Waals surface area contributed by atoms with Crippen LogP contribution in [0.2, 0.25) is 0 Å². The molecule has 4 nitrogen and oxygen atoms in total. The lowest BCUT2D eigenvalue weighted by atomic mass is 9.85. The molecule has 2 rings (SSSR count). The molecule has 0 aromatic heterocycles. The number of benzene rings is 1. The monoisotopic (exact) mass is 300 g/mol. The van der Waals surface area contributed by atoms with Gasteiger partial charge in [0.05, 0.1) is 5.69 Å². The Labute approximate surface area is 119 Å². The molecule has 3 N–H and O–H groups in total. The van der Waals surface area contributed by atoms with Crippen molar-refractivity contribution in [3.63, 3.8) is 0 Å². The van der Waals surface area contributed by atoms with Crippen molar-refractivity contribution < 1.29 is 12.8 Å². The Morgan fingerprint density at radius 3 is 2.85 bits per heavy atom. The van der Waals surface area contributed by atoms with E-state index < -0.39 is 15.8 Å². The molecule has 2 atom stereocenters. The third-order valence-electron chi connectivity index (χ3n) is 3.98. The van der Waals surface area contributed by atoms with Crippen molar-refractivity contribution in [2.24, 2.45) is 5.92 Å². The van der Waals surface area contributed by atoms with E-state index in [-0.39, 0.29) is 16.6 Å². The third kappa shape index (κ3) is 3.30. The Bertz CT molecular complexity index is 575. The van der Waals surface area contributed by atoms with E-state index in [2.05, 4.69) is 11.6 Å². The van der Waals surface area contributed by atoms with Gasteiger partial charge >= 0.3 is 0 Å². The third-order valence-corrected chi connectivity index (χ3v) is 5.56. The van der Waals surface area contributed by atoms with Crippen LogP contribution in [0.4, 0.5) is 10.1 Å². The number of nitrogens with one attached hydrogen (secondary N) is 1. The summed E-state index contributed by atoms with van der Waals surface area (Å²) in [5, 5.41) is 0. The van der Waals surface area contributed by atoms with E-state index in [1.165, 1.54) is 12.1 Å². The van der Waals surface area contributed by atoms with Crippen LogP contribution in [0, 0.1) is 11.7 Å². The fraction of sp³-hybridized carbons (Fsp3) is 0.571. The first-order valence-electron chi connectivity index (χ1n) is 7.00. The largest absolute Gasteiger partial charge is 0.395 e. The van der Waals surface area contributed by atoms with Crippen LogP contribution in [0.15, 0.2) is 23.1 Å². The van der Waals surface area contributed by atoms with E-state index in [0.717, 1.165) is 38.2 Å². The topological polar surface area (TPSA) is 72.2 Å². The second-order valence-electron chi connectivity index (χ2n) is 5.41. The lowest BCUT2D eigenvalue weighted by Crippen LogP contribution is -2.38. The summed E-state index contributed by atoms with van der Waals surface area (Å²) in [4.78, 5) is -0.170. The lowest BCUT2D eigenvalue weighted by Gasteiger charge is -2.29. The molecule has 0 heterocycles. The van der Waals surface area contributed by atoms with Crippen LogP contribution in [-0.4, -0.2) is 14.5 Å². The van der Waals surface area contributed by atoms with Crippen LogP contribution in [-0.2, 0) is 10.0 Å². The van der Waals surface area contributed by atoms with Gasteiger partial charge in [0.1, 0.15) is 10.7 Å². The molecular weight excluding hydrogens is 279 g/mol. The maximum atomic E-state index is 13.4. The summed E-state index contributed by atoms with van der Waals surface area (Å²) in [7, 11) is -3.76. The van der Waals surface area contributed by atoms with Crippen LogP contribution in [0.3, 0.4) is 0 Å². The van der Waals surface area contributed by atoms with Gasteiger partial charge in [0, 0.05) is 6.04 Å². The van der Waals surface area contributed by atoms with Crippen LogP contribution in [0.25, 0.3) is 0 Å². The zero-order valence-corrected chi connectivity index (χ0v) is 12.4. The average Bonchev–Trinajstić information content (AvgIpc) is 2.41. The van der Waals surface area contributed by atoms with E-state index in [1.807, 2.05) is 0 Å². The van der Waals surface area contributed by atoms with Gasteiger partial charge in [-0.2, -0.15) is 0 Å². The number of anilines is 1. The number of hydrogen-bond donors (Lipinski definition) is 2. The van der Waals surface area contributed by atoms with Crippen molar-refractivity contribution in [3.05, 3.63) is 24.0 Å². The standard InChI is InChI=1S/C14H21FN2O2S/c1-2-10-5-3-6-11(9-10)17-20(18,19)13-8-4-7-12(15)14(13)16/h4,7-8,10-11,17H,2-3,5-6,9,16H2,1H3. The molecule has 20 heavy (non-hydrogen) atoms. The van der Waals surface area contributed by atoms with Gasteiger partial charge in [0.2, 0.25) is 10.0 Å². The van der Waals surface area contributed by atoms with E-state index in [0.29, 0.717) is 5.92 Å². The smallest absolute Gasteiger partial charge is 0.242 e. The summed E-state index contributed by atoms with van der Waals surface area (Å²) in [6, 6.07) is 3.76. The van der Waals surface area contributed by atoms with Crippen molar-refractivity contribution in [2.45, 2.75) is 50.0 Å². The minimum atomic E-state index is -3.76. The summed E-state index contributed by atoms with van der Waals surface area (Å²) in [6.07, 6.45) is 4.89. The highest BCUT2D eigenvalue weighted by atomic mass is 32.2. The van der Waals surface area contributed by atoms with Gasteiger partial charge in [-0.15, -0.1) is 0 Å². The number of para-hydroxylation sites is 1. The molecule has 1 aliphatic carbocycles. The molecule has 1 aliphatic rings. The normalized spacial score (nSPS) is 23.7. The Hall–Kier alpha value is -1.14. The van der Waals surface area contributed by atoms with E-state index in [1.54, 1.807) is 0 Å². The summed E-state index contributed by atoms with van der Waals surface area (Å²) in [5.41, 5.74) is 5.22. The number of hydrogen-bond acceptors (Lipinski definition) is 3. The molecule has 0 spiro atoms. The SMILES string of the molecule is CCC1CCCC(NS(=O)(=O)c2cccc(F)c2N)C1. The zero-order chi connectivity index (χ0) is 14.8. The predicted octanol–water partition coefficient (Wildman–Crippen LogP) is 2.66. The molecule has 1 aromatic rings. The number of halogens is 1. The fourth-order valence-corrected chi connectivity index (χ4v) is 4.23. The van der Waals surface area contributed by atoms with Gasteiger partial charge in [-0.1, -0.05) is 32.3 Å². The minimum Gasteiger partial charge on any atom is -0.395 e. The number of rotatable bonds is 4.